The molecule has 2 aromatic rings. The molecule has 1 heterocycles. The molecular formula is C23H28N2O7S. The second-order valence-electron chi connectivity index (χ2n) is 8.18. The van der Waals surface area contributed by atoms with Gasteiger partial charge in [-0.15, -0.1) is 0 Å². The van der Waals surface area contributed by atoms with Crippen LogP contribution < -0.4 is 19.5 Å². The van der Waals surface area contributed by atoms with Gasteiger partial charge in [-0.2, -0.15) is 4.72 Å². The van der Waals surface area contributed by atoms with E-state index < -0.39 is 40.5 Å². The minimum absolute atomic E-state index is 0.0715. The highest BCUT2D eigenvalue weighted by Crippen LogP contribution is 2.32. The third-order valence-electron chi connectivity index (χ3n) is 4.88. The molecule has 1 aliphatic rings. The molecule has 178 valence electrons. The quantitative estimate of drug-likeness (QED) is 0.562. The molecular weight excluding hydrogens is 448 g/mol. The maximum atomic E-state index is 12.9. The van der Waals surface area contributed by atoms with E-state index >= 15 is 0 Å². The number of ether oxygens (including phenoxy) is 3. The minimum Gasteiger partial charge on any atom is -0.486 e. The number of benzene rings is 2. The van der Waals surface area contributed by atoms with Gasteiger partial charge in [-0.05, 0) is 55.2 Å². The molecule has 33 heavy (non-hydrogen) atoms. The smallest absolute Gasteiger partial charge is 0.324 e. The Labute approximate surface area is 193 Å². The van der Waals surface area contributed by atoms with E-state index in [1.807, 2.05) is 19.9 Å². The van der Waals surface area contributed by atoms with E-state index in [2.05, 4.69) is 10.0 Å². The Morgan fingerprint density at radius 1 is 1.00 bits per heavy atom. The SMILES string of the molecule is Cc1cc(C)cc(NC(=O)COC(=O)C(NS(=O)(=O)c2ccc3c(c2)OCCO3)C(C)C)c1. The van der Waals surface area contributed by atoms with Gasteiger partial charge in [-0.25, -0.2) is 8.42 Å². The summed E-state index contributed by atoms with van der Waals surface area (Å²) in [6, 6.07) is 8.60. The molecule has 2 N–H and O–H groups in total. The zero-order chi connectivity index (χ0) is 24.2. The first-order valence-electron chi connectivity index (χ1n) is 10.5. The van der Waals surface area contributed by atoms with Gasteiger partial charge in [0.2, 0.25) is 10.0 Å². The molecule has 0 radical (unpaired) electrons. The molecule has 1 amide bonds. The van der Waals surface area contributed by atoms with E-state index in [0.717, 1.165) is 11.1 Å². The lowest BCUT2D eigenvalue weighted by Crippen LogP contribution is -2.45. The number of fused-ring (bicyclic) bond motifs is 1. The molecule has 1 atom stereocenters. The Balaban J connectivity index is 1.64. The van der Waals surface area contributed by atoms with E-state index in [0.29, 0.717) is 30.4 Å². The second-order valence-corrected chi connectivity index (χ2v) is 9.89. The van der Waals surface area contributed by atoms with Gasteiger partial charge in [0.05, 0.1) is 4.90 Å². The highest BCUT2D eigenvalue weighted by molar-refractivity contribution is 7.89. The number of esters is 1. The van der Waals surface area contributed by atoms with Crippen LogP contribution in [0, 0.1) is 19.8 Å². The van der Waals surface area contributed by atoms with Crippen LogP contribution in [0.4, 0.5) is 5.69 Å². The van der Waals surface area contributed by atoms with E-state index in [4.69, 9.17) is 14.2 Å². The number of sulfonamides is 1. The van der Waals surface area contributed by atoms with Crippen molar-refractivity contribution in [2.75, 3.05) is 25.1 Å². The Hall–Kier alpha value is -3.11. The molecule has 0 spiro atoms. The van der Waals surface area contributed by atoms with Crippen molar-refractivity contribution in [2.24, 2.45) is 5.92 Å². The highest BCUT2D eigenvalue weighted by atomic mass is 32.2. The van der Waals surface area contributed by atoms with Crippen molar-refractivity contribution in [3.8, 4) is 11.5 Å². The first-order valence-corrected chi connectivity index (χ1v) is 12.0. The van der Waals surface area contributed by atoms with Crippen molar-refractivity contribution in [3.05, 3.63) is 47.5 Å². The number of anilines is 1. The first kappa shape index (κ1) is 24.5. The van der Waals surface area contributed by atoms with Crippen LogP contribution in [-0.2, 0) is 24.3 Å². The molecule has 0 bridgehead atoms. The monoisotopic (exact) mass is 476 g/mol. The molecule has 1 aliphatic heterocycles. The van der Waals surface area contributed by atoms with Gasteiger partial charge in [0, 0.05) is 11.8 Å². The van der Waals surface area contributed by atoms with Crippen molar-refractivity contribution < 1.29 is 32.2 Å². The fourth-order valence-corrected chi connectivity index (χ4v) is 4.70. The summed E-state index contributed by atoms with van der Waals surface area (Å²) in [4.78, 5) is 24.8. The second kappa shape index (κ2) is 10.2. The average Bonchev–Trinajstić information content (AvgIpc) is 2.74. The standard InChI is InChI=1S/C23H28N2O7S/c1-14(2)22(23(27)32-13-21(26)24-17-10-15(3)9-16(4)11-17)25-33(28,29)18-5-6-19-20(12-18)31-8-7-30-19/h5-6,9-12,14,22,25H,7-8,13H2,1-4H3,(H,24,26). The third-order valence-corrected chi connectivity index (χ3v) is 6.32. The number of hydrogen-bond donors (Lipinski definition) is 2. The van der Waals surface area contributed by atoms with Gasteiger partial charge in [0.1, 0.15) is 19.3 Å². The number of rotatable bonds is 8. The maximum Gasteiger partial charge on any atom is 0.324 e. The van der Waals surface area contributed by atoms with E-state index in [1.54, 1.807) is 26.0 Å². The molecule has 3 rings (SSSR count). The van der Waals surface area contributed by atoms with Gasteiger partial charge in [0.25, 0.3) is 5.91 Å². The van der Waals surface area contributed by atoms with Crippen LogP contribution in [0.5, 0.6) is 11.5 Å². The minimum atomic E-state index is -4.07. The molecule has 1 unspecified atom stereocenters. The van der Waals surface area contributed by atoms with Crippen LogP contribution in [0.25, 0.3) is 0 Å². The summed E-state index contributed by atoms with van der Waals surface area (Å²) >= 11 is 0. The Morgan fingerprint density at radius 3 is 2.27 bits per heavy atom. The van der Waals surface area contributed by atoms with Gasteiger partial charge in [0.15, 0.2) is 18.1 Å². The summed E-state index contributed by atoms with van der Waals surface area (Å²) in [7, 11) is -4.07. The van der Waals surface area contributed by atoms with Crippen LogP contribution in [-0.4, -0.2) is 46.2 Å². The lowest BCUT2D eigenvalue weighted by molar-refractivity contribution is -0.150. The topological polar surface area (TPSA) is 120 Å². The lowest BCUT2D eigenvalue weighted by atomic mass is 10.1. The summed E-state index contributed by atoms with van der Waals surface area (Å²) in [6.07, 6.45) is 0. The third kappa shape index (κ3) is 6.45. The van der Waals surface area contributed by atoms with Crippen molar-refractivity contribution >= 4 is 27.6 Å². The molecule has 2 aromatic carbocycles. The largest absolute Gasteiger partial charge is 0.486 e. The maximum absolute atomic E-state index is 12.9. The zero-order valence-corrected chi connectivity index (χ0v) is 19.8. The van der Waals surface area contributed by atoms with Crippen molar-refractivity contribution in [1.82, 2.24) is 4.72 Å². The number of carbonyl (C=O) groups excluding carboxylic acids is 2. The van der Waals surface area contributed by atoms with Crippen molar-refractivity contribution in [1.29, 1.82) is 0 Å². The highest BCUT2D eigenvalue weighted by Gasteiger charge is 2.31. The molecule has 10 heteroatoms. The summed E-state index contributed by atoms with van der Waals surface area (Å²) < 4.78 is 44.1. The average molecular weight is 477 g/mol. The first-order chi connectivity index (χ1) is 15.5. The summed E-state index contributed by atoms with van der Waals surface area (Å²) in [5.41, 5.74) is 2.56. The molecule has 0 aliphatic carbocycles. The van der Waals surface area contributed by atoms with Gasteiger partial charge in [-0.3, -0.25) is 9.59 Å². The van der Waals surface area contributed by atoms with E-state index in [1.165, 1.54) is 18.2 Å². The predicted octanol–water partition coefficient (Wildman–Crippen LogP) is 2.56. The molecule has 9 nitrogen and oxygen atoms in total. The fourth-order valence-electron chi connectivity index (χ4n) is 3.35. The Bertz CT molecular complexity index is 1130. The molecule has 0 saturated heterocycles. The Morgan fingerprint density at radius 2 is 1.64 bits per heavy atom. The zero-order valence-electron chi connectivity index (χ0n) is 19.0. The Kier molecular flexibility index (Phi) is 7.60. The predicted molar refractivity (Wildman–Crippen MR) is 122 cm³/mol. The molecule has 0 saturated carbocycles. The lowest BCUT2D eigenvalue weighted by Gasteiger charge is -2.22. The molecule has 0 aromatic heterocycles. The number of nitrogens with one attached hydrogen (secondary N) is 2. The van der Waals surface area contributed by atoms with Gasteiger partial charge in [-0.1, -0.05) is 19.9 Å². The summed E-state index contributed by atoms with van der Waals surface area (Å²) in [5.74, 6) is -1.02. The van der Waals surface area contributed by atoms with Crippen molar-refractivity contribution in [3.63, 3.8) is 0 Å². The number of aryl methyl sites for hydroxylation is 2. The van der Waals surface area contributed by atoms with Crippen LogP contribution in [0.2, 0.25) is 0 Å². The number of carbonyl (C=O) groups is 2. The summed E-state index contributed by atoms with van der Waals surface area (Å²) in [6.45, 7) is 7.32. The number of hydrogen-bond acceptors (Lipinski definition) is 7. The van der Waals surface area contributed by atoms with Crippen LogP contribution in [0.15, 0.2) is 41.3 Å². The van der Waals surface area contributed by atoms with Crippen LogP contribution >= 0.6 is 0 Å². The van der Waals surface area contributed by atoms with E-state index in [9.17, 15) is 18.0 Å². The normalized spacial score (nSPS) is 14.0. The molecule has 0 fully saturated rings. The van der Waals surface area contributed by atoms with Gasteiger partial charge >= 0.3 is 5.97 Å². The van der Waals surface area contributed by atoms with Gasteiger partial charge < -0.3 is 19.5 Å². The summed E-state index contributed by atoms with van der Waals surface area (Å²) in [5, 5.41) is 2.67. The van der Waals surface area contributed by atoms with E-state index in [-0.39, 0.29) is 4.90 Å². The van der Waals surface area contributed by atoms with Crippen LogP contribution in [0.3, 0.4) is 0 Å². The number of amides is 1. The fraction of sp³-hybridized carbons (Fsp3) is 0.391. The van der Waals surface area contributed by atoms with Crippen LogP contribution in [0.1, 0.15) is 25.0 Å². The van der Waals surface area contributed by atoms with Crippen molar-refractivity contribution in [2.45, 2.75) is 38.6 Å².